The van der Waals surface area contributed by atoms with E-state index in [4.69, 9.17) is 9.47 Å². The van der Waals surface area contributed by atoms with Gasteiger partial charge in [-0.15, -0.1) is 0 Å². The average Bonchev–Trinajstić information content (AvgIpc) is 3.32. The van der Waals surface area contributed by atoms with Gasteiger partial charge in [-0.2, -0.15) is 0 Å². The Morgan fingerprint density at radius 2 is 1.89 bits per heavy atom. The molecular formula is C23H38O5. The molecule has 0 bridgehead atoms. The van der Waals surface area contributed by atoms with E-state index >= 15 is 0 Å². The first-order valence-electron chi connectivity index (χ1n) is 10.4. The second-order valence-corrected chi connectivity index (χ2v) is 8.46. The number of epoxide rings is 1. The second kappa shape index (κ2) is 11.5. The Kier molecular flexibility index (Phi) is 10.1. The Morgan fingerprint density at radius 3 is 2.46 bits per heavy atom. The van der Waals surface area contributed by atoms with Crippen LogP contribution in [0.4, 0.5) is 0 Å². The molecule has 1 aliphatic heterocycles. The number of rotatable bonds is 13. The maximum atomic E-state index is 12.3. The van der Waals surface area contributed by atoms with Gasteiger partial charge in [0.2, 0.25) is 0 Å². The average molecular weight is 395 g/mol. The summed E-state index contributed by atoms with van der Waals surface area (Å²) in [6.45, 7) is 11.9. The molecule has 3 atom stereocenters. The zero-order valence-corrected chi connectivity index (χ0v) is 18.4. The third-order valence-electron chi connectivity index (χ3n) is 5.70. The molecule has 0 unspecified atom stereocenters. The van der Waals surface area contributed by atoms with Gasteiger partial charge in [-0.3, -0.25) is 9.59 Å². The van der Waals surface area contributed by atoms with Crippen molar-refractivity contribution in [3.8, 4) is 0 Å². The molecule has 1 aliphatic rings. The largest absolute Gasteiger partial charge is 0.462 e. The van der Waals surface area contributed by atoms with Crippen LogP contribution in [-0.2, 0) is 19.1 Å². The Bertz CT molecular complexity index is 590. The number of hydrogen-bond donors (Lipinski definition) is 1. The van der Waals surface area contributed by atoms with E-state index in [1.165, 1.54) is 6.92 Å². The van der Waals surface area contributed by atoms with Crippen LogP contribution in [0.25, 0.3) is 0 Å². The zero-order chi connectivity index (χ0) is 21.3. The highest BCUT2D eigenvalue weighted by atomic mass is 16.6. The SMILES string of the molecule is CC(=O)OC/C=C(\C)CC[C@@H]1O[C@@]1(CO)CCC[C@@H](C)C(=O)/C=C(\C)C(C)C. The highest BCUT2D eigenvalue weighted by Gasteiger charge is 2.54. The minimum absolute atomic E-state index is 0.00639. The molecule has 1 N–H and O–H groups in total. The normalized spacial score (nSPS) is 23.6. The molecule has 5 nitrogen and oxygen atoms in total. The van der Waals surface area contributed by atoms with Crippen molar-refractivity contribution in [1.82, 2.24) is 0 Å². The van der Waals surface area contributed by atoms with Gasteiger partial charge >= 0.3 is 5.97 Å². The summed E-state index contributed by atoms with van der Waals surface area (Å²) in [7, 11) is 0. The van der Waals surface area contributed by atoms with Crippen LogP contribution in [0.2, 0.25) is 0 Å². The van der Waals surface area contributed by atoms with Crippen molar-refractivity contribution in [2.75, 3.05) is 13.2 Å². The third-order valence-corrected chi connectivity index (χ3v) is 5.70. The number of aliphatic hydroxyl groups is 1. The molecule has 28 heavy (non-hydrogen) atoms. The number of allylic oxidation sites excluding steroid dienone is 3. The fourth-order valence-electron chi connectivity index (χ4n) is 3.15. The molecule has 1 saturated heterocycles. The Labute approximate surface area is 170 Å². The number of aliphatic hydroxyl groups excluding tert-OH is 1. The van der Waals surface area contributed by atoms with E-state index in [0.717, 1.165) is 43.3 Å². The summed E-state index contributed by atoms with van der Waals surface area (Å²) in [4.78, 5) is 23.0. The summed E-state index contributed by atoms with van der Waals surface area (Å²) in [5, 5.41) is 9.78. The lowest BCUT2D eigenvalue weighted by Crippen LogP contribution is -2.21. The molecule has 1 heterocycles. The van der Waals surface area contributed by atoms with Crippen molar-refractivity contribution < 1.29 is 24.2 Å². The molecule has 0 aromatic rings. The van der Waals surface area contributed by atoms with E-state index in [1.807, 2.05) is 26.8 Å². The lowest BCUT2D eigenvalue weighted by Gasteiger charge is -2.13. The summed E-state index contributed by atoms with van der Waals surface area (Å²) >= 11 is 0. The van der Waals surface area contributed by atoms with Crippen LogP contribution >= 0.6 is 0 Å². The molecule has 5 heteroatoms. The minimum atomic E-state index is -0.442. The minimum Gasteiger partial charge on any atom is -0.462 e. The van der Waals surface area contributed by atoms with Gasteiger partial charge < -0.3 is 14.6 Å². The van der Waals surface area contributed by atoms with Gasteiger partial charge in [0.1, 0.15) is 12.2 Å². The maximum absolute atomic E-state index is 12.3. The molecule has 0 spiro atoms. The fraction of sp³-hybridized carbons (Fsp3) is 0.739. The number of hydrogen-bond acceptors (Lipinski definition) is 5. The van der Waals surface area contributed by atoms with Crippen molar-refractivity contribution in [2.45, 2.75) is 85.4 Å². The second-order valence-electron chi connectivity index (χ2n) is 8.46. The van der Waals surface area contributed by atoms with Gasteiger partial charge in [-0.05, 0) is 64.0 Å². The Hall–Kier alpha value is -1.46. The maximum Gasteiger partial charge on any atom is 0.302 e. The molecule has 0 aromatic heterocycles. The number of esters is 1. The van der Waals surface area contributed by atoms with Crippen LogP contribution in [0.3, 0.4) is 0 Å². The molecule has 160 valence electrons. The zero-order valence-electron chi connectivity index (χ0n) is 18.4. The van der Waals surface area contributed by atoms with E-state index in [2.05, 4.69) is 13.8 Å². The smallest absolute Gasteiger partial charge is 0.302 e. The Balaban J connectivity index is 2.36. The number of ether oxygens (including phenoxy) is 2. The van der Waals surface area contributed by atoms with Gasteiger partial charge in [0, 0.05) is 12.8 Å². The number of carbonyl (C=O) groups is 2. The van der Waals surface area contributed by atoms with Crippen LogP contribution in [0, 0.1) is 11.8 Å². The summed E-state index contributed by atoms with van der Waals surface area (Å²) in [5.41, 5.74) is 1.82. The lowest BCUT2D eigenvalue weighted by molar-refractivity contribution is -0.139. The van der Waals surface area contributed by atoms with E-state index in [0.29, 0.717) is 12.5 Å². The van der Waals surface area contributed by atoms with Crippen molar-refractivity contribution >= 4 is 11.8 Å². The lowest BCUT2D eigenvalue weighted by atomic mass is 9.91. The van der Waals surface area contributed by atoms with Crippen molar-refractivity contribution in [1.29, 1.82) is 0 Å². The summed E-state index contributed by atoms with van der Waals surface area (Å²) in [5.74, 6) is 0.288. The molecule has 0 aromatic carbocycles. The molecule has 0 aliphatic carbocycles. The van der Waals surface area contributed by atoms with Gasteiger partial charge in [0.05, 0.1) is 12.7 Å². The number of carbonyl (C=O) groups excluding carboxylic acids is 2. The molecule has 0 radical (unpaired) electrons. The standard InChI is InChI=1S/C23H38O5/c1-16(2)19(5)14-21(26)18(4)8-7-12-23(15-24)22(28-23)10-9-17(3)11-13-27-20(6)25/h11,14,16,18,22,24H,7-10,12-13,15H2,1-6H3/b17-11+,19-14+/t18-,22+,23-/m1/s1. The number of ketones is 1. The quantitative estimate of drug-likeness (QED) is 0.217. The molecule has 0 saturated carbocycles. The Morgan fingerprint density at radius 1 is 1.21 bits per heavy atom. The predicted octanol–water partition coefficient (Wildman–Crippen LogP) is 4.38. The van der Waals surface area contributed by atoms with Gasteiger partial charge in [-0.1, -0.05) is 31.9 Å². The van der Waals surface area contributed by atoms with Crippen LogP contribution in [0.5, 0.6) is 0 Å². The first kappa shape index (κ1) is 24.6. The molecule has 1 fully saturated rings. The first-order chi connectivity index (χ1) is 13.1. The summed E-state index contributed by atoms with van der Waals surface area (Å²) in [6, 6.07) is 0. The topological polar surface area (TPSA) is 76.1 Å². The highest BCUT2D eigenvalue weighted by Crippen LogP contribution is 2.44. The molecular weight excluding hydrogens is 356 g/mol. The van der Waals surface area contributed by atoms with Crippen molar-refractivity contribution in [3.63, 3.8) is 0 Å². The monoisotopic (exact) mass is 394 g/mol. The van der Waals surface area contributed by atoms with Gasteiger partial charge in [-0.25, -0.2) is 0 Å². The summed E-state index contributed by atoms with van der Waals surface area (Å²) < 4.78 is 10.7. The van der Waals surface area contributed by atoms with Gasteiger partial charge in [0.25, 0.3) is 0 Å². The van der Waals surface area contributed by atoms with Crippen LogP contribution in [0.15, 0.2) is 23.3 Å². The van der Waals surface area contributed by atoms with Crippen LogP contribution in [0.1, 0.15) is 73.6 Å². The molecule has 1 rings (SSSR count). The van der Waals surface area contributed by atoms with Crippen LogP contribution < -0.4 is 0 Å². The van der Waals surface area contributed by atoms with E-state index in [1.54, 1.807) is 6.08 Å². The fourth-order valence-corrected chi connectivity index (χ4v) is 3.15. The van der Waals surface area contributed by atoms with E-state index < -0.39 is 5.60 Å². The van der Waals surface area contributed by atoms with Crippen LogP contribution in [-0.4, -0.2) is 41.8 Å². The molecule has 0 amide bonds. The van der Waals surface area contributed by atoms with Gasteiger partial charge in [0.15, 0.2) is 5.78 Å². The van der Waals surface area contributed by atoms with E-state index in [-0.39, 0.29) is 30.4 Å². The van der Waals surface area contributed by atoms with Crippen molar-refractivity contribution in [3.05, 3.63) is 23.3 Å². The predicted molar refractivity (Wildman–Crippen MR) is 111 cm³/mol. The third kappa shape index (κ3) is 8.27. The first-order valence-corrected chi connectivity index (χ1v) is 10.4. The van der Waals surface area contributed by atoms with E-state index in [9.17, 15) is 14.7 Å². The summed E-state index contributed by atoms with van der Waals surface area (Å²) in [6.07, 6.45) is 7.87. The highest BCUT2D eigenvalue weighted by molar-refractivity contribution is 5.92. The van der Waals surface area contributed by atoms with Crippen molar-refractivity contribution in [2.24, 2.45) is 11.8 Å².